The number of carboxylic acid groups (broad SMARTS) is 1. The highest BCUT2D eigenvalue weighted by atomic mass is 32.1. The van der Waals surface area contributed by atoms with Crippen LogP contribution in [0.1, 0.15) is 21.5 Å². The summed E-state index contributed by atoms with van der Waals surface area (Å²) in [5.74, 6) is -0.303. The number of carboxylic acids is 1. The minimum Gasteiger partial charge on any atom is -0.495 e. The maximum atomic E-state index is 11.1. The van der Waals surface area contributed by atoms with Crippen molar-refractivity contribution in [3.8, 4) is 5.75 Å². The Kier molecular flexibility index (Phi) is 5.18. The van der Waals surface area contributed by atoms with Crippen molar-refractivity contribution in [2.24, 2.45) is 0 Å². The van der Waals surface area contributed by atoms with E-state index in [0.29, 0.717) is 16.5 Å². The van der Waals surface area contributed by atoms with E-state index in [1.54, 1.807) is 25.3 Å². The molecule has 0 radical (unpaired) electrons. The molecule has 0 saturated heterocycles. The number of benzene rings is 2. The van der Waals surface area contributed by atoms with Crippen LogP contribution in [0.4, 0.5) is 11.4 Å². The van der Waals surface area contributed by atoms with Gasteiger partial charge in [0.1, 0.15) is 5.75 Å². The van der Waals surface area contributed by atoms with Gasteiger partial charge in [-0.25, -0.2) is 4.79 Å². The number of aryl methyl sites for hydroxylation is 2. The summed E-state index contributed by atoms with van der Waals surface area (Å²) in [4.78, 5) is 11.1. The zero-order valence-electron chi connectivity index (χ0n) is 13.1. The van der Waals surface area contributed by atoms with Gasteiger partial charge in [0, 0.05) is 5.69 Å². The fraction of sp³-hybridized carbons (Fsp3) is 0.176. The van der Waals surface area contributed by atoms with E-state index in [0.717, 1.165) is 16.8 Å². The molecule has 0 unspecified atom stereocenters. The van der Waals surface area contributed by atoms with Crippen LogP contribution >= 0.6 is 12.2 Å². The van der Waals surface area contributed by atoms with Gasteiger partial charge in [-0.3, -0.25) is 0 Å². The summed E-state index contributed by atoms with van der Waals surface area (Å²) in [7, 11) is 1.59. The topological polar surface area (TPSA) is 70.6 Å². The molecule has 6 heteroatoms. The van der Waals surface area contributed by atoms with E-state index in [1.807, 2.05) is 32.0 Å². The largest absolute Gasteiger partial charge is 0.495 e. The molecule has 0 aliphatic heterocycles. The second-order valence-electron chi connectivity index (χ2n) is 5.12. The molecule has 23 heavy (non-hydrogen) atoms. The summed E-state index contributed by atoms with van der Waals surface area (Å²) in [5, 5.41) is 15.5. The van der Waals surface area contributed by atoms with E-state index in [2.05, 4.69) is 10.6 Å². The molecule has 0 bridgehead atoms. The van der Waals surface area contributed by atoms with Gasteiger partial charge in [0.2, 0.25) is 0 Å². The average molecular weight is 330 g/mol. The normalized spacial score (nSPS) is 10.0. The number of methoxy groups -OCH3 is 1. The first-order chi connectivity index (χ1) is 10.9. The second-order valence-corrected chi connectivity index (χ2v) is 5.53. The van der Waals surface area contributed by atoms with E-state index < -0.39 is 5.97 Å². The summed E-state index contributed by atoms with van der Waals surface area (Å²) in [6.07, 6.45) is 0. The summed E-state index contributed by atoms with van der Waals surface area (Å²) < 4.78 is 5.30. The number of carbonyl (C=O) groups is 1. The number of thiocarbonyl (C=S) groups is 1. The molecule has 5 nitrogen and oxygen atoms in total. The number of rotatable bonds is 4. The maximum absolute atomic E-state index is 11.1. The first-order valence-corrected chi connectivity index (χ1v) is 7.38. The Bertz CT molecular complexity index is 759. The highest BCUT2D eigenvalue weighted by Crippen LogP contribution is 2.25. The van der Waals surface area contributed by atoms with Crippen LogP contribution in [0.25, 0.3) is 0 Å². The Labute approximate surface area is 140 Å². The van der Waals surface area contributed by atoms with Gasteiger partial charge in [-0.05, 0) is 61.5 Å². The molecule has 120 valence electrons. The molecule has 2 aromatic rings. The van der Waals surface area contributed by atoms with E-state index in [4.69, 9.17) is 22.1 Å². The fourth-order valence-corrected chi connectivity index (χ4v) is 2.30. The van der Waals surface area contributed by atoms with Crippen LogP contribution in [0.5, 0.6) is 5.75 Å². The molecule has 0 aliphatic carbocycles. The van der Waals surface area contributed by atoms with Crippen molar-refractivity contribution in [2.75, 3.05) is 17.7 Å². The molecule has 0 spiro atoms. The number of ether oxygens (including phenoxy) is 1. The van der Waals surface area contributed by atoms with Crippen LogP contribution in [0.15, 0.2) is 36.4 Å². The molecule has 2 rings (SSSR count). The third-order valence-electron chi connectivity index (χ3n) is 3.34. The van der Waals surface area contributed by atoms with Gasteiger partial charge in [0.05, 0.1) is 18.4 Å². The monoisotopic (exact) mass is 330 g/mol. The Morgan fingerprint density at radius 3 is 2.43 bits per heavy atom. The van der Waals surface area contributed by atoms with Crippen molar-refractivity contribution < 1.29 is 14.6 Å². The predicted molar refractivity (Wildman–Crippen MR) is 95.7 cm³/mol. The summed E-state index contributed by atoms with van der Waals surface area (Å²) in [6, 6.07) is 10.6. The fourth-order valence-electron chi connectivity index (χ4n) is 2.09. The molecule has 2 aromatic carbocycles. The molecular weight excluding hydrogens is 312 g/mol. The SMILES string of the molecule is COc1ccc(C)cc1NC(=S)Nc1cc(C(=O)O)ccc1C. The van der Waals surface area contributed by atoms with E-state index in [-0.39, 0.29) is 5.56 Å². The lowest BCUT2D eigenvalue weighted by atomic mass is 10.1. The van der Waals surface area contributed by atoms with Crippen molar-refractivity contribution in [2.45, 2.75) is 13.8 Å². The third-order valence-corrected chi connectivity index (χ3v) is 3.54. The number of hydrogen-bond acceptors (Lipinski definition) is 3. The van der Waals surface area contributed by atoms with Crippen LogP contribution < -0.4 is 15.4 Å². The molecule has 0 aromatic heterocycles. The number of aromatic carboxylic acids is 1. The summed E-state index contributed by atoms with van der Waals surface area (Å²) in [6.45, 7) is 3.85. The van der Waals surface area contributed by atoms with E-state index in [9.17, 15) is 4.79 Å². The minimum atomic E-state index is -0.979. The van der Waals surface area contributed by atoms with Crippen molar-refractivity contribution in [3.05, 3.63) is 53.1 Å². The molecule has 0 fully saturated rings. The zero-order valence-corrected chi connectivity index (χ0v) is 14.0. The number of hydrogen-bond donors (Lipinski definition) is 3. The second kappa shape index (κ2) is 7.11. The number of anilines is 2. The molecule has 0 aliphatic rings. The van der Waals surface area contributed by atoms with Crippen LogP contribution in [0.2, 0.25) is 0 Å². The van der Waals surface area contributed by atoms with Gasteiger partial charge < -0.3 is 20.5 Å². The van der Waals surface area contributed by atoms with E-state index in [1.165, 1.54) is 0 Å². The van der Waals surface area contributed by atoms with Crippen LogP contribution in [-0.2, 0) is 0 Å². The molecule has 0 atom stereocenters. The molecular formula is C17H18N2O3S. The van der Waals surface area contributed by atoms with Gasteiger partial charge >= 0.3 is 5.97 Å². The lowest BCUT2D eigenvalue weighted by Crippen LogP contribution is -2.20. The number of nitrogens with one attached hydrogen (secondary N) is 2. The smallest absolute Gasteiger partial charge is 0.335 e. The Morgan fingerprint density at radius 1 is 1.09 bits per heavy atom. The van der Waals surface area contributed by atoms with E-state index >= 15 is 0 Å². The highest BCUT2D eigenvalue weighted by molar-refractivity contribution is 7.80. The molecule has 0 amide bonds. The van der Waals surface area contributed by atoms with Crippen molar-refractivity contribution in [1.82, 2.24) is 0 Å². The van der Waals surface area contributed by atoms with Gasteiger partial charge in [0.25, 0.3) is 0 Å². The van der Waals surface area contributed by atoms with Crippen molar-refractivity contribution in [1.29, 1.82) is 0 Å². The average Bonchev–Trinajstić information content (AvgIpc) is 2.49. The molecule has 3 N–H and O–H groups in total. The first kappa shape index (κ1) is 16.8. The van der Waals surface area contributed by atoms with Gasteiger partial charge in [-0.1, -0.05) is 12.1 Å². The first-order valence-electron chi connectivity index (χ1n) is 6.97. The predicted octanol–water partition coefficient (Wildman–Crippen LogP) is 3.82. The van der Waals surface area contributed by atoms with Crippen molar-refractivity contribution in [3.63, 3.8) is 0 Å². The Morgan fingerprint density at radius 2 is 1.78 bits per heavy atom. The third kappa shape index (κ3) is 4.20. The molecule has 0 saturated carbocycles. The Balaban J connectivity index is 2.19. The van der Waals surface area contributed by atoms with Gasteiger partial charge in [0.15, 0.2) is 5.11 Å². The summed E-state index contributed by atoms with van der Waals surface area (Å²) in [5.41, 5.74) is 3.57. The standard InChI is InChI=1S/C17H18N2O3S/c1-10-4-7-15(22-3)14(8-10)19-17(23)18-13-9-12(16(20)21)6-5-11(13)2/h4-9H,1-3H3,(H,20,21)(H2,18,19,23). The zero-order chi connectivity index (χ0) is 17.0. The minimum absolute atomic E-state index is 0.203. The van der Waals surface area contributed by atoms with Crippen LogP contribution in [0.3, 0.4) is 0 Å². The lowest BCUT2D eigenvalue weighted by Gasteiger charge is -2.15. The lowest BCUT2D eigenvalue weighted by molar-refractivity contribution is 0.0697. The van der Waals surface area contributed by atoms with Crippen LogP contribution in [0, 0.1) is 13.8 Å². The maximum Gasteiger partial charge on any atom is 0.335 e. The van der Waals surface area contributed by atoms with Gasteiger partial charge in [-0.2, -0.15) is 0 Å². The molecule has 0 heterocycles. The Hall–Kier alpha value is -2.60. The highest BCUT2D eigenvalue weighted by Gasteiger charge is 2.09. The summed E-state index contributed by atoms with van der Waals surface area (Å²) >= 11 is 5.31. The van der Waals surface area contributed by atoms with Crippen LogP contribution in [-0.4, -0.2) is 23.3 Å². The quantitative estimate of drug-likeness (QED) is 0.740. The van der Waals surface area contributed by atoms with Gasteiger partial charge in [-0.15, -0.1) is 0 Å². The van der Waals surface area contributed by atoms with Crippen molar-refractivity contribution >= 4 is 34.7 Å².